The van der Waals surface area contributed by atoms with Gasteiger partial charge in [-0.15, -0.1) is 0 Å². The van der Waals surface area contributed by atoms with Crippen LogP contribution < -0.4 is 26.6 Å². The lowest BCUT2D eigenvalue weighted by Crippen LogP contribution is -2.39. The van der Waals surface area contributed by atoms with Crippen LogP contribution in [0.3, 0.4) is 0 Å². The van der Waals surface area contributed by atoms with Crippen LogP contribution in [0.2, 0.25) is 0 Å². The molecule has 47 heavy (non-hydrogen) atoms. The number of ether oxygens (including phenoxy) is 1. The molecule has 4 aromatic carbocycles. The Balaban J connectivity index is 1.30. The number of para-hydroxylation sites is 1. The summed E-state index contributed by atoms with van der Waals surface area (Å²) in [6, 6.07) is 24.2. The first-order chi connectivity index (χ1) is 22.7. The predicted molar refractivity (Wildman–Crippen MR) is 181 cm³/mol. The highest BCUT2D eigenvalue weighted by Crippen LogP contribution is 2.43. The summed E-state index contributed by atoms with van der Waals surface area (Å²) in [6.07, 6.45) is 1.36. The van der Waals surface area contributed by atoms with Gasteiger partial charge in [-0.2, -0.15) is 0 Å². The number of nitrogens with zero attached hydrogens (tertiary/aromatic N) is 1. The zero-order valence-electron chi connectivity index (χ0n) is 26.2. The fourth-order valence-corrected chi connectivity index (χ4v) is 5.65. The summed E-state index contributed by atoms with van der Waals surface area (Å²) in [4.78, 5) is 31.4. The van der Waals surface area contributed by atoms with Crippen LogP contribution in [0.1, 0.15) is 44.7 Å². The molecule has 238 valence electrons. The van der Waals surface area contributed by atoms with Gasteiger partial charge in [0, 0.05) is 23.6 Å². The van der Waals surface area contributed by atoms with Gasteiger partial charge in [0.05, 0.1) is 29.5 Å². The van der Waals surface area contributed by atoms with Gasteiger partial charge in [0.1, 0.15) is 22.9 Å². The van der Waals surface area contributed by atoms with Crippen molar-refractivity contribution in [2.75, 3.05) is 14.2 Å². The number of nitrogens with one attached hydrogen (secondary N) is 3. The molecule has 6 rings (SSSR count). The molecule has 0 radical (unpaired) electrons. The largest absolute Gasteiger partial charge is 0.496 e. The lowest BCUT2D eigenvalue weighted by atomic mass is 9.95. The van der Waals surface area contributed by atoms with Crippen LogP contribution in [0, 0.1) is 12.7 Å². The van der Waals surface area contributed by atoms with Crippen molar-refractivity contribution in [3.05, 3.63) is 125 Å². The Morgan fingerprint density at radius 2 is 1.70 bits per heavy atom. The smallest absolute Gasteiger partial charge is 0.255 e. The summed E-state index contributed by atoms with van der Waals surface area (Å²) in [6.45, 7) is 6.13. The third kappa shape index (κ3) is 5.98. The number of rotatable bonds is 9. The van der Waals surface area contributed by atoms with E-state index in [4.69, 9.17) is 15.0 Å². The SMILES string of the molecule is C=C(N=C(NN)c1ccccc1OC)C1(NC(=O)c2ccc(C)c(-c3ccc4oc(-c5ccc(F)cc5)c(C(=O)NC)c4c3)c2)CC1. The van der Waals surface area contributed by atoms with Gasteiger partial charge < -0.3 is 25.2 Å². The molecule has 5 N–H and O–H groups in total. The second kappa shape index (κ2) is 12.6. The van der Waals surface area contributed by atoms with Crippen molar-refractivity contribution in [2.24, 2.45) is 10.8 Å². The van der Waals surface area contributed by atoms with Crippen molar-refractivity contribution >= 4 is 28.6 Å². The predicted octanol–water partition coefficient (Wildman–Crippen LogP) is 6.27. The number of benzene rings is 4. The fraction of sp³-hybridized carbons (Fsp3) is 0.162. The maximum Gasteiger partial charge on any atom is 0.255 e. The van der Waals surface area contributed by atoms with Crippen LogP contribution in [0.5, 0.6) is 5.75 Å². The lowest BCUT2D eigenvalue weighted by Gasteiger charge is -2.19. The summed E-state index contributed by atoms with van der Waals surface area (Å²) in [5, 5.41) is 6.42. The van der Waals surface area contributed by atoms with Gasteiger partial charge >= 0.3 is 0 Å². The number of aryl methyl sites for hydroxylation is 1. The minimum atomic E-state index is -0.707. The molecule has 0 bridgehead atoms. The van der Waals surface area contributed by atoms with Gasteiger partial charge in [0.2, 0.25) is 0 Å². The van der Waals surface area contributed by atoms with Gasteiger partial charge in [0.15, 0.2) is 5.84 Å². The van der Waals surface area contributed by atoms with Gasteiger partial charge in [-0.1, -0.05) is 30.8 Å². The normalized spacial score (nSPS) is 13.6. The number of fused-ring (bicyclic) bond motifs is 1. The molecule has 1 aliphatic carbocycles. The first-order valence-electron chi connectivity index (χ1n) is 15.0. The molecular weight excluding hydrogens is 597 g/mol. The molecule has 0 saturated heterocycles. The number of furan rings is 1. The Kier molecular flexibility index (Phi) is 8.36. The van der Waals surface area contributed by atoms with E-state index in [0.29, 0.717) is 69.1 Å². The first kappa shape index (κ1) is 31.3. The quantitative estimate of drug-likeness (QED) is 0.0657. The number of amides is 2. The molecule has 1 heterocycles. The number of aliphatic imine (C=N–C) groups is 1. The van der Waals surface area contributed by atoms with E-state index in [0.717, 1.165) is 16.7 Å². The molecule has 1 aromatic heterocycles. The summed E-state index contributed by atoms with van der Waals surface area (Å²) in [5.41, 5.74) is 7.51. The number of hydrazine groups is 1. The molecular formula is C37H34FN5O4. The molecule has 10 heteroatoms. The Morgan fingerprint density at radius 1 is 0.979 bits per heavy atom. The van der Waals surface area contributed by atoms with Crippen LogP contribution in [0.15, 0.2) is 107 Å². The van der Waals surface area contributed by atoms with Crippen molar-refractivity contribution in [1.82, 2.24) is 16.1 Å². The first-order valence-corrected chi connectivity index (χ1v) is 15.0. The molecule has 0 aliphatic heterocycles. The van der Waals surface area contributed by atoms with E-state index in [1.165, 1.54) is 12.1 Å². The van der Waals surface area contributed by atoms with Crippen molar-refractivity contribution in [3.63, 3.8) is 0 Å². The second-order valence-corrected chi connectivity index (χ2v) is 11.4. The van der Waals surface area contributed by atoms with Crippen LogP contribution in [-0.2, 0) is 0 Å². The number of nitrogens with two attached hydrogens (primary N) is 1. The lowest BCUT2D eigenvalue weighted by molar-refractivity contribution is 0.0935. The number of carbonyl (C=O) groups excluding carboxylic acids is 2. The highest BCUT2D eigenvalue weighted by molar-refractivity contribution is 6.12. The van der Waals surface area contributed by atoms with Gasteiger partial charge in [-0.25, -0.2) is 15.2 Å². The van der Waals surface area contributed by atoms with Crippen LogP contribution in [-0.4, -0.2) is 37.3 Å². The number of amidine groups is 1. The topological polar surface area (TPSA) is 131 Å². The Morgan fingerprint density at radius 3 is 2.38 bits per heavy atom. The summed E-state index contributed by atoms with van der Waals surface area (Å²) >= 11 is 0. The summed E-state index contributed by atoms with van der Waals surface area (Å²) < 4.78 is 25.2. The second-order valence-electron chi connectivity index (χ2n) is 11.4. The van der Waals surface area contributed by atoms with Crippen LogP contribution in [0.25, 0.3) is 33.4 Å². The Hall–Kier alpha value is -5.74. The van der Waals surface area contributed by atoms with Gasteiger partial charge in [0.25, 0.3) is 11.8 Å². The minimum absolute atomic E-state index is 0.270. The molecule has 9 nitrogen and oxygen atoms in total. The van der Waals surface area contributed by atoms with E-state index in [-0.39, 0.29) is 17.6 Å². The number of methoxy groups -OCH3 is 1. The highest BCUT2D eigenvalue weighted by atomic mass is 19.1. The molecule has 0 unspecified atom stereocenters. The summed E-state index contributed by atoms with van der Waals surface area (Å²) in [5.74, 6) is 6.15. The average Bonchev–Trinajstić information content (AvgIpc) is 3.78. The minimum Gasteiger partial charge on any atom is -0.496 e. The number of hydrogen-bond donors (Lipinski definition) is 4. The van der Waals surface area contributed by atoms with Crippen molar-refractivity contribution < 1.29 is 23.1 Å². The van der Waals surface area contributed by atoms with Crippen LogP contribution in [0.4, 0.5) is 4.39 Å². The Bertz CT molecular complexity index is 2060. The standard InChI is InChI=1S/C37H34FN5O4/c1-21-9-10-25(35(44)42-37(17-18-37)22(2)41-34(43-39)27-7-5-6-8-30(27)46-4)20-28(21)24-13-16-31-29(19-24)32(36(45)40-3)33(47-31)23-11-14-26(38)15-12-23/h5-16,19-20H,2,17-18,39H2,1,3-4H3,(H,40,45)(H,41,43)(H,42,44). The average molecular weight is 632 g/mol. The number of halogens is 1. The maximum atomic E-state index is 13.6. The summed E-state index contributed by atoms with van der Waals surface area (Å²) in [7, 11) is 3.11. The van der Waals surface area contributed by atoms with Crippen molar-refractivity contribution in [2.45, 2.75) is 25.3 Å². The number of hydrogen-bond acceptors (Lipinski definition) is 6. The van der Waals surface area contributed by atoms with Crippen molar-refractivity contribution in [1.29, 1.82) is 0 Å². The maximum absolute atomic E-state index is 13.6. The van der Waals surface area contributed by atoms with E-state index >= 15 is 0 Å². The molecule has 1 saturated carbocycles. The zero-order valence-corrected chi connectivity index (χ0v) is 26.2. The number of carbonyl (C=O) groups is 2. The van der Waals surface area contributed by atoms with Gasteiger partial charge in [-0.3, -0.25) is 9.59 Å². The highest BCUT2D eigenvalue weighted by Gasteiger charge is 2.47. The van der Waals surface area contributed by atoms with E-state index < -0.39 is 5.54 Å². The zero-order chi connectivity index (χ0) is 33.3. The molecule has 2 amide bonds. The molecule has 5 aromatic rings. The third-order valence-electron chi connectivity index (χ3n) is 8.46. The molecule has 1 fully saturated rings. The van der Waals surface area contributed by atoms with E-state index in [1.807, 2.05) is 55.5 Å². The third-order valence-corrected chi connectivity index (χ3v) is 8.46. The molecule has 1 aliphatic rings. The monoisotopic (exact) mass is 631 g/mol. The van der Waals surface area contributed by atoms with Crippen molar-refractivity contribution in [3.8, 4) is 28.2 Å². The fourth-order valence-electron chi connectivity index (χ4n) is 5.65. The van der Waals surface area contributed by atoms with Gasteiger partial charge in [-0.05, 0) is 97.1 Å². The van der Waals surface area contributed by atoms with E-state index in [2.05, 4.69) is 27.6 Å². The Labute approximate surface area is 271 Å². The molecule has 0 spiro atoms. The van der Waals surface area contributed by atoms with Crippen LogP contribution >= 0.6 is 0 Å². The molecule has 0 atom stereocenters. The van der Waals surface area contributed by atoms with E-state index in [9.17, 15) is 14.0 Å². The van der Waals surface area contributed by atoms with E-state index in [1.54, 1.807) is 38.4 Å².